The van der Waals surface area contributed by atoms with Gasteiger partial charge in [-0.2, -0.15) is 18.6 Å². The molecule has 2 aromatic rings. The van der Waals surface area contributed by atoms with E-state index in [-0.39, 0.29) is 4.90 Å². The van der Waals surface area contributed by atoms with Crippen LogP contribution in [0.15, 0.2) is 63.7 Å². The molecule has 0 saturated heterocycles. The molecule has 0 bridgehead atoms. The van der Waals surface area contributed by atoms with E-state index in [1.165, 1.54) is 42.7 Å². The first kappa shape index (κ1) is 16.3. The van der Waals surface area contributed by atoms with Crippen molar-refractivity contribution in [3.05, 3.63) is 54.1 Å². The number of nitrogens with zero attached hydrogens (tertiary/aromatic N) is 2. The number of rotatable bonds is 6. The molecule has 0 radical (unpaired) electrons. The predicted octanol–water partition coefficient (Wildman–Crippen LogP) is 4.69. The average molecular weight is 318 g/mol. The molecule has 5 nitrogen and oxygen atoms in total. The molecule has 1 N–H and O–H groups in total. The summed E-state index contributed by atoms with van der Waals surface area (Å²) in [6.45, 7) is 2.16. The number of hydrogen-bond donors (Lipinski definition) is 1. The third kappa shape index (κ3) is 4.75. The molecule has 2 aromatic carbocycles. The minimum absolute atomic E-state index is 0.160. The summed E-state index contributed by atoms with van der Waals surface area (Å²) in [4.78, 5) is -0.160. The summed E-state index contributed by atoms with van der Waals surface area (Å²) in [5.74, 6) is 0. The number of unbranched alkanes of at least 4 members (excludes halogenated alkanes) is 1. The summed E-state index contributed by atoms with van der Waals surface area (Å²) >= 11 is 0. The van der Waals surface area contributed by atoms with Gasteiger partial charge in [0.15, 0.2) is 0 Å². The Balaban J connectivity index is 2.05. The first-order valence-corrected chi connectivity index (χ1v) is 8.51. The van der Waals surface area contributed by atoms with Crippen molar-refractivity contribution in [1.82, 2.24) is 0 Å². The van der Waals surface area contributed by atoms with Gasteiger partial charge in [-0.1, -0.05) is 25.5 Å². The van der Waals surface area contributed by atoms with Crippen LogP contribution in [-0.2, 0) is 16.5 Å². The molecule has 22 heavy (non-hydrogen) atoms. The molecular formula is C16H18N2O3S. The Kier molecular flexibility index (Phi) is 5.41. The topological polar surface area (TPSA) is 79.1 Å². The molecule has 0 heterocycles. The molecule has 0 aliphatic heterocycles. The standard InChI is InChI=1S/C16H18N2O3S/c1-2-3-4-13-5-7-14(8-6-13)17-18-15-9-11-16(12-10-15)22(19,20)21/h5-12H,2-4H2,1H3,(H,19,20,21). The van der Waals surface area contributed by atoms with Crippen LogP contribution in [0.25, 0.3) is 0 Å². The van der Waals surface area contributed by atoms with Crippen molar-refractivity contribution in [2.45, 2.75) is 31.1 Å². The van der Waals surface area contributed by atoms with Crippen molar-refractivity contribution in [2.75, 3.05) is 0 Å². The van der Waals surface area contributed by atoms with Crippen molar-refractivity contribution < 1.29 is 13.0 Å². The van der Waals surface area contributed by atoms with Gasteiger partial charge in [0.25, 0.3) is 10.1 Å². The molecule has 6 heteroatoms. The Bertz CT molecular complexity index is 736. The van der Waals surface area contributed by atoms with Gasteiger partial charge in [0.05, 0.1) is 16.3 Å². The number of azo groups is 1. The van der Waals surface area contributed by atoms with Gasteiger partial charge in [-0.3, -0.25) is 4.55 Å². The van der Waals surface area contributed by atoms with E-state index in [2.05, 4.69) is 17.2 Å². The summed E-state index contributed by atoms with van der Waals surface area (Å²) < 4.78 is 30.8. The van der Waals surface area contributed by atoms with Crippen LogP contribution in [0.2, 0.25) is 0 Å². The molecule has 0 aliphatic rings. The molecule has 116 valence electrons. The second kappa shape index (κ2) is 7.29. The lowest BCUT2D eigenvalue weighted by Crippen LogP contribution is -1.96. The molecule has 0 unspecified atom stereocenters. The highest BCUT2D eigenvalue weighted by atomic mass is 32.2. The monoisotopic (exact) mass is 318 g/mol. The van der Waals surface area contributed by atoms with Gasteiger partial charge in [-0.25, -0.2) is 0 Å². The largest absolute Gasteiger partial charge is 0.294 e. The Morgan fingerprint density at radius 3 is 1.86 bits per heavy atom. The second-order valence-electron chi connectivity index (χ2n) is 4.94. The molecule has 2 rings (SSSR count). The molecule has 0 aromatic heterocycles. The smallest absolute Gasteiger partial charge is 0.282 e. The van der Waals surface area contributed by atoms with Gasteiger partial charge in [0.2, 0.25) is 0 Å². The SMILES string of the molecule is CCCCc1ccc(N=Nc2ccc(S(=O)(=O)O)cc2)cc1. The van der Waals surface area contributed by atoms with E-state index in [0.29, 0.717) is 5.69 Å². The lowest BCUT2D eigenvalue weighted by molar-refractivity contribution is 0.483. The summed E-state index contributed by atoms with van der Waals surface area (Å²) in [6, 6.07) is 13.4. The van der Waals surface area contributed by atoms with Crippen molar-refractivity contribution in [3.63, 3.8) is 0 Å². The highest BCUT2D eigenvalue weighted by Gasteiger charge is 2.07. The van der Waals surface area contributed by atoms with Crippen LogP contribution in [0.5, 0.6) is 0 Å². The zero-order valence-electron chi connectivity index (χ0n) is 12.3. The lowest BCUT2D eigenvalue weighted by atomic mass is 10.1. The predicted molar refractivity (Wildman–Crippen MR) is 85.5 cm³/mol. The van der Waals surface area contributed by atoms with Crippen molar-refractivity contribution in [3.8, 4) is 0 Å². The van der Waals surface area contributed by atoms with E-state index in [0.717, 1.165) is 12.1 Å². The highest BCUT2D eigenvalue weighted by molar-refractivity contribution is 7.85. The molecule has 0 aliphatic carbocycles. The minimum atomic E-state index is -4.17. The maximum atomic E-state index is 10.9. The number of benzene rings is 2. The molecule has 0 fully saturated rings. The van der Waals surface area contributed by atoms with Crippen LogP contribution >= 0.6 is 0 Å². The Morgan fingerprint density at radius 2 is 1.41 bits per heavy atom. The fraction of sp³-hybridized carbons (Fsp3) is 0.250. The minimum Gasteiger partial charge on any atom is -0.282 e. The fourth-order valence-electron chi connectivity index (χ4n) is 1.91. The van der Waals surface area contributed by atoms with Gasteiger partial charge in [-0.05, 0) is 54.8 Å². The maximum absolute atomic E-state index is 10.9. The molecule has 0 atom stereocenters. The summed E-state index contributed by atoms with van der Waals surface area (Å²) in [5, 5.41) is 8.14. The summed E-state index contributed by atoms with van der Waals surface area (Å²) in [7, 11) is -4.17. The van der Waals surface area contributed by atoms with Gasteiger partial charge in [0, 0.05) is 0 Å². The van der Waals surface area contributed by atoms with Crippen molar-refractivity contribution >= 4 is 21.5 Å². The fourth-order valence-corrected chi connectivity index (χ4v) is 2.39. The molecular weight excluding hydrogens is 300 g/mol. The van der Waals surface area contributed by atoms with Crippen LogP contribution in [0.3, 0.4) is 0 Å². The summed E-state index contributed by atoms with van der Waals surface area (Å²) in [5.41, 5.74) is 2.53. The van der Waals surface area contributed by atoms with Crippen molar-refractivity contribution in [1.29, 1.82) is 0 Å². The maximum Gasteiger partial charge on any atom is 0.294 e. The second-order valence-corrected chi connectivity index (χ2v) is 6.36. The molecule has 0 spiro atoms. The normalized spacial score (nSPS) is 11.9. The quantitative estimate of drug-likeness (QED) is 0.619. The Morgan fingerprint density at radius 1 is 0.909 bits per heavy atom. The van der Waals surface area contributed by atoms with E-state index < -0.39 is 10.1 Å². The average Bonchev–Trinajstić information content (AvgIpc) is 2.51. The van der Waals surface area contributed by atoms with Crippen molar-refractivity contribution in [2.24, 2.45) is 10.2 Å². The van der Waals surface area contributed by atoms with E-state index in [4.69, 9.17) is 4.55 Å². The first-order valence-electron chi connectivity index (χ1n) is 7.07. The van der Waals surface area contributed by atoms with Gasteiger partial charge < -0.3 is 0 Å². The highest BCUT2D eigenvalue weighted by Crippen LogP contribution is 2.21. The third-order valence-corrected chi connectivity index (χ3v) is 4.04. The third-order valence-electron chi connectivity index (χ3n) is 3.17. The van der Waals surface area contributed by atoms with Crippen LogP contribution in [0, 0.1) is 0 Å². The lowest BCUT2D eigenvalue weighted by Gasteiger charge is -2.00. The Labute approximate surface area is 130 Å². The van der Waals surface area contributed by atoms with E-state index in [1.54, 1.807) is 0 Å². The van der Waals surface area contributed by atoms with E-state index in [9.17, 15) is 8.42 Å². The van der Waals surface area contributed by atoms with Crippen LogP contribution < -0.4 is 0 Å². The van der Waals surface area contributed by atoms with Gasteiger partial charge in [0.1, 0.15) is 0 Å². The van der Waals surface area contributed by atoms with Crippen LogP contribution in [-0.4, -0.2) is 13.0 Å². The first-order chi connectivity index (χ1) is 10.5. The van der Waals surface area contributed by atoms with Crippen LogP contribution in [0.1, 0.15) is 25.3 Å². The summed E-state index contributed by atoms with van der Waals surface area (Å²) in [6.07, 6.45) is 3.40. The Hall–Kier alpha value is -2.05. The van der Waals surface area contributed by atoms with Crippen LogP contribution in [0.4, 0.5) is 11.4 Å². The van der Waals surface area contributed by atoms with E-state index >= 15 is 0 Å². The molecule has 0 saturated carbocycles. The van der Waals surface area contributed by atoms with Gasteiger partial charge >= 0.3 is 0 Å². The molecule has 0 amide bonds. The number of aryl methyl sites for hydroxylation is 1. The zero-order chi connectivity index (χ0) is 16.0. The zero-order valence-corrected chi connectivity index (χ0v) is 13.1. The number of hydrogen-bond acceptors (Lipinski definition) is 4. The van der Waals surface area contributed by atoms with Gasteiger partial charge in [-0.15, -0.1) is 0 Å². The van der Waals surface area contributed by atoms with E-state index in [1.807, 2.05) is 24.3 Å².